The molecule has 2 heterocycles. The van der Waals surface area contributed by atoms with Crippen LogP contribution in [0, 0.1) is 0 Å². The van der Waals surface area contributed by atoms with E-state index in [1.165, 1.54) is 12.1 Å². The van der Waals surface area contributed by atoms with Gasteiger partial charge in [-0.3, -0.25) is 9.78 Å². The van der Waals surface area contributed by atoms with Crippen molar-refractivity contribution in [1.82, 2.24) is 9.29 Å². The van der Waals surface area contributed by atoms with Crippen LogP contribution >= 0.6 is 0 Å². The Morgan fingerprint density at radius 2 is 1.79 bits per heavy atom. The van der Waals surface area contributed by atoms with Gasteiger partial charge in [-0.2, -0.15) is 0 Å². The molecule has 0 spiro atoms. The third kappa shape index (κ3) is 1.80. The monoisotopic (exact) mass is 274 g/mol. The molecule has 2 aromatic rings. The number of hydrogen-bond acceptors (Lipinski definition) is 4. The van der Waals surface area contributed by atoms with E-state index in [4.69, 9.17) is 0 Å². The summed E-state index contributed by atoms with van der Waals surface area (Å²) in [6.07, 6.45) is 1.57. The molecule has 1 aliphatic rings. The standard InChI is InChI=1S/C13H10N2O3S/c16-13-11-6-1-2-7-12(11)19(17,18)15(13)9-10-5-3-4-8-14-10/h1-8H,9H2. The number of sulfonamides is 1. The third-order valence-electron chi connectivity index (χ3n) is 2.94. The molecule has 0 bridgehead atoms. The molecule has 1 aromatic heterocycles. The SMILES string of the molecule is O=C1c2ccccc2S(=O)(=O)N1Cc1ccccn1. The Labute approximate surface area is 110 Å². The average Bonchev–Trinajstić information content (AvgIpc) is 2.62. The average molecular weight is 274 g/mol. The number of nitrogens with zero attached hydrogens (tertiary/aromatic N) is 2. The first-order valence-corrected chi connectivity index (χ1v) is 7.11. The van der Waals surface area contributed by atoms with Crippen molar-refractivity contribution in [2.75, 3.05) is 0 Å². The molecule has 96 valence electrons. The van der Waals surface area contributed by atoms with Crippen LogP contribution in [0.25, 0.3) is 0 Å². The number of carbonyl (C=O) groups is 1. The fraction of sp³-hybridized carbons (Fsp3) is 0.0769. The summed E-state index contributed by atoms with van der Waals surface area (Å²) in [6, 6.07) is 11.4. The van der Waals surface area contributed by atoms with E-state index in [-0.39, 0.29) is 17.0 Å². The van der Waals surface area contributed by atoms with Crippen LogP contribution in [0.1, 0.15) is 16.1 Å². The molecular formula is C13H10N2O3S. The lowest BCUT2D eigenvalue weighted by Gasteiger charge is -2.14. The van der Waals surface area contributed by atoms with Gasteiger partial charge in [0.2, 0.25) is 0 Å². The van der Waals surface area contributed by atoms with Gasteiger partial charge in [0.25, 0.3) is 15.9 Å². The smallest absolute Gasteiger partial charge is 0.268 e. The Kier molecular flexibility index (Phi) is 2.60. The largest absolute Gasteiger partial charge is 0.269 e. The maximum absolute atomic E-state index is 12.3. The van der Waals surface area contributed by atoms with Crippen LogP contribution in [-0.4, -0.2) is 23.6 Å². The Morgan fingerprint density at radius 1 is 1.05 bits per heavy atom. The van der Waals surface area contributed by atoms with E-state index in [2.05, 4.69) is 4.98 Å². The second-order valence-electron chi connectivity index (χ2n) is 4.13. The fourth-order valence-corrected chi connectivity index (χ4v) is 3.57. The minimum Gasteiger partial charge on any atom is -0.268 e. The number of benzene rings is 1. The Balaban J connectivity index is 2.04. The molecule has 0 unspecified atom stereocenters. The van der Waals surface area contributed by atoms with Gasteiger partial charge in [0, 0.05) is 6.20 Å². The summed E-state index contributed by atoms with van der Waals surface area (Å²) in [7, 11) is -3.75. The number of rotatable bonds is 2. The molecule has 19 heavy (non-hydrogen) atoms. The van der Waals surface area contributed by atoms with Crippen molar-refractivity contribution in [1.29, 1.82) is 0 Å². The molecule has 0 radical (unpaired) electrons. The molecule has 3 rings (SSSR count). The maximum Gasteiger partial charge on any atom is 0.269 e. The molecule has 0 saturated carbocycles. The third-order valence-corrected chi connectivity index (χ3v) is 4.73. The van der Waals surface area contributed by atoms with Crippen LogP contribution in [0.15, 0.2) is 53.6 Å². The predicted octanol–water partition coefficient (Wildman–Crippen LogP) is 1.43. The van der Waals surface area contributed by atoms with Gasteiger partial charge < -0.3 is 0 Å². The van der Waals surface area contributed by atoms with Gasteiger partial charge in [-0.25, -0.2) is 12.7 Å². The fourth-order valence-electron chi connectivity index (χ4n) is 2.03. The van der Waals surface area contributed by atoms with Crippen LogP contribution in [0.5, 0.6) is 0 Å². The molecule has 1 aromatic carbocycles. The van der Waals surface area contributed by atoms with Crippen molar-refractivity contribution < 1.29 is 13.2 Å². The van der Waals surface area contributed by atoms with Gasteiger partial charge >= 0.3 is 0 Å². The highest BCUT2D eigenvalue weighted by Crippen LogP contribution is 2.30. The molecule has 6 heteroatoms. The number of hydrogen-bond donors (Lipinski definition) is 0. The number of amides is 1. The first-order chi connectivity index (χ1) is 9.10. The first-order valence-electron chi connectivity index (χ1n) is 5.67. The highest BCUT2D eigenvalue weighted by molar-refractivity contribution is 7.90. The molecule has 0 saturated heterocycles. The van der Waals surface area contributed by atoms with Gasteiger partial charge in [-0.1, -0.05) is 18.2 Å². The van der Waals surface area contributed by atoms with Crippen molar-refractivity contribution in [2.45, 2.75) is 11.4 Å². The molecule has 1 aliphatic heterocycles. The number of pyridine rings is 1. The van der Waals surface area contributed by atoms with Crippen LogP contribution in [0.4, 0.5) is 0 Å². The molecule has 0 aliphatic carbocycles. The Bertz CT molecular complexity index is 741. The first kappa shape index (κ1) is 11.9. The zero-order valence-electron chi connectivity index (χ0n) is 9.85. The highest BCUT2D eigenvalue weighted by atomic mass is 32.2. The van der Waals surface area contributed by atoms with Gasteiger partial charge in [0.05, 0.1) is 17.8 Å². The van der Waals surface area contributed by atoms with E-state index >= 15 is 0 Å². The van der Waals surface area contributed by atoms with Crippen LogP contribution in [0.3, 0.4) is 0 Å². The predicted molar refractivity (Wildman–Crippen MR) is 67.7 cm³/mol. The van der Waals surface area contributed by atoms with Crippen molar-refractivity contribution in [3.63, 3.8) is 0 Å². The van der Waals surface area contributed by atoms with Gasteiger partial charge in [0.15, 0.2) is 0 Å². The summed E-state index contributed by atoms with van der Waals surface area (Å²) in [5, 5.41) is 0. The zero-order valence-corrected chi connectivity index (χ0v) is 10.7. The van der Waals surface area contributed by atoms with Crippen LogP contribution in [-0.2, 0) is 16.6 Å². The summed E-state index contributed by atoms with van der Waals surface area (Å²) >= 11 is 0. The molecule has 0 N–H and O–H groups in total. The number of aromatic nitrogens is 1. The second-order valence-corrected chi connectivity index (χ2v) is 5.96. The lowest BCUT2D eigenvalue weighted by atomic mass is 10.2. The van der Waals surface area contributed by atoms with E-state index in [0.29, 0.717) is 5.69 Å². The van der Waals surface area contributed by atoms with E-state index in [1.807, 2.05) is 0 Å². The molecule has 0 fully saturated rings. The normalized spacial score (nSPS) is 16.4. The lowest BCUT2D eigenvalue weighted by molar-refractivity contribution is 0.0864. The van der Waals surface area contributed by atoms with E-state index in [9.17, 15) is 13.2 Å². The second kappa shape index (κ2) is 4.17. The van der Waals surface area contributed by atoms with E-state index in [0.717, 1.165) is 4.31 Å². The minimum absolute atomic E-state index is 0.0450. The van der Waals surface area contributed by atoms with Crippen molar-refractivity contribution in [3.05, 3.63) is 59.9 Å². The summed E-state index contributed by atoms with van der Waals surface area (Å²) in [5.41, 5.74) is 0.755. The minimum atomic E-state index is -3.75. The molecular weight excluding hydrogens is 264 g/mol. The van der Waals surface area contributed by atoms with Gasteiger partial charge in [-0.15, -0.1) is 0 Å². The zero-order chi connectivity index (χ0) is 13.5. The summed E-state index contributed by atoms with van der Waals surface area (Å²) in [4.78, 5) is 16.2. The lowest BCUT2D eigenvalue weighted by Crippen LogP contribution is -2.29. The van der Waals surface area contributed by atoms with E-state index < -0.39 is 15.9 Å². The van der Waals surface area contributed by atoms with Crippen molar-refractivity contribution in [2.24, 2.45) is 0 Å². The molecule has 5 nitrogen and oxygen atoms in total. The number of carbonyl (C=O) groups excluding carboxylic acids is 1. The summed E-state index contributed by atoms with van der Waals surface area (Å²) < 4.78 is 25.4. The van der Waals surface area contributed by atoms with Crippen LogP contribution in [0.2, 0.25) is 0 Å². The Hall–Kier alpha value is -2.21. The maximum atomic E-state index is 12.3. The topological polar surface area (TPSA) is 67.3 Å². The molecule has 1 amide bonds. The highest BCUT2D eigenvalue weighted by Gasteiger charge is 2.40. The van der Waals surface area contributed by atoms with E-state index in [1.54, 1.807) is 36.5 Å². The van der Waals surface area contributed by atoms with Crippen LogP contribution < -0.4 is 0 Å². The quantitative estimate of drug-likeness (QED) is 0.830. The summed E-state index contributed by atoms with van der Waals surface area (Å²) in [6.45, 7) is -0.0450. The van der Waals surface area contributed by atoms with Gasteiger partial charge in [0.1, 0.15) is 4.90 Å². The van der Waals surface area contributed by atoms with Crippen molar-refractivity contribution in [3.8, 4) is 0 Å². The summed E-state index contributed by atoms with van der Waals surface area (Å²) in [5.74, 6) is -0.499. The van der Waals surface area contributed by atoms with Gasteiger partial charge in [-0.05, 0) is 24.3 Å². The molecule has 0 atom stereocenters. The number of fused-ring (bicyclic) bond motifs is 1. The van der Waals surface area contributed by atoms with Crippen molar-refractivity contribution >= 4 is 15.9 Å². The Morgan fingerprint density at radius 3 is 2.47 bits per heavy atom.